The van der Waals surface area contributed by atoms with Crippen LogP contribution in [0.25, 0.3) is 0 Å². The van der Waals surface area contributed by atoms with Crippen LogP contribution in [-0.4, -0.2) is 28.1 Å². The van der Waals surface area contributed by atoms with Crippen molar-refractivity contribution in [1.29, 1.82) is 0 Å². The second-order valence-corrected chi connectivity index (χ2v) is 4.78. The van der Waals surface area contributed by atoms with Crippen molar-refractivity contribution in [3.05, 3.63) is 28.8 Å². The molecule has 0 bridgehead atoms. The average molecular weight is 273 g/mol. The number of aliphatic hydroxyl groups is 1. The molecule has 0 aliphatic heterocycles. The zero-order valence-electron chi connectivity index (χ0n) is 9.70. The fraction of sp³-hybridized carbons (Fsp3) is 0.500. The Labute approximate surface area is 109 Å². The first-order chi connectivity index (χ1) is 8.58. The molecular formula is C12H14ClFN2O2. The molecule has 1 aromatic rings. The first-order valence-corrected chi connectivity index (χ1v) is 6.25. The quantitative estimate of drug-likeness (QED) is 0.809. The van der Waals surface area contributed by atoms with Gasteiger partial charge in [-0.3, -0.25) is 4.79 Å². The van der Waals surface area contributed by atoms with Crippen molar-refractivity contribution in [2.24, 2.45) is 0 Å². The standard InChI is InChI=1S/C12H14ClFN2O2/c13-11-8(5-7(14)6-15-11)12(18)16-9-3-1-2-4-10(9)17/h5-6,9-10,17H,1-4H2,(H,16,18). The van der Waals surface area contributed by atoms with Crippen LogP contribution in [0.5, 0.6) is 0 Å². The molecule has 18 heavy (non-hydrogen) atoms. The third-order valence-corrected chi connectivity index (χ3v) is 3.40. The summed E-state index contributed by atoms with van der Waals surface area (Å²) in [5.74, 6) is -1.12. The molecule has 1 aromatic heterocycles. The number of hydrogen-bond acceptors (Lipinski definition) is 3. The molecule has 0 saturated heterocycles. The highest BCUT2D eigenvalue weighted by Gasteiger charge is 2.25. The van der Waals surface area contributed by atoms with E-state index in [9.17, 15) is 14.3 Å². The predicted octanol–water partition coefficient (Wildman–Crippen LogP) is 1.91. The summed E-state index contributed by atoms with van der Waals surface area (Å²) in [5, 5.41) is 12.4. The lowest BCUT2D eigenvalue weighted by atomic mass is 9.92. The van der Waals surface area contributed by atoms with E-state index in [4.69, 9.17) is 11.6 Å². The molecule has 4 nitrogen and oxygen atoms in total. The molecule has 2 rings (SSSR count). The fourth-order valence-corrected chi connectivity index (χ4v) is 2.30. The summed E-state index contributed by atoms with van der Waals surface area (Å²) in [4.78, 5) is 15.5. The number of nitrogens with zero attached hydrogens (tertiary/aromatic N) is 1. The van der Waals surface area contributed by atoms with Crippen LogP contribution in [0.2, 0.25) is 5.15 Å². The molecule has 98 valence electrons. The molecule has 1 heterocycles. The smallest absolute Gasteiger partial charge is 0.254 e. The highest BCUT2D eigenvalue weighted by molar-refractivity contribution is 6.32. The van der Waals surface area contributed by atoms with E-state index >= 15 is 0 Å². The number of carbonyl (C=O) groups is 1. The largest absolute Gasteiger partial charge is 0.391 e. The van der Waals surface area contributed by atoms with E-state index in [1.165, 1.54) is 0 Å². The normalized spacial score (nSPS) is 23.7. The van der Waals surface area contributed by atoms with Gasteiger partial charge in [-0.2, -0.15) is 0 Å². The van der Waals surface area contributed by atoms with E-state index in [0.717, 1.165) is 25.1 Å². The Morgan fingerprint density at radius 2 is 2.22 bits per heavy atom. The number of halogens is 2. The van der Waals surface area contributed by atoms with Gasteiger partial charge in [0.2, 0.25) is 0 Å². The van der Waals surface area contributed by atoms with Gasteiger partial charge >= 0.3 is 0 Å². The maximum absolute atomic E-state index is 13.0. The molecule has 0 radical (unpaired) electrons. The SMILES string of the molecule is O=C(NC1CCCCC1O)c1cc(F)cnc1Cl. The van der Waals surface area contributed by atoms with Crippen molar-refractivity contribution >= 4 is 17.5 Å². The first-order valence-electron chi connectivity index (χ1n) is 5.88. The van der Waals surface area contributed by atoms with Gasteiger partial charge in [0.15, 0.2) is 0 Å². The maximum atomic E-state index is 13.0. The first kappa shape index (κ1) is 13.2. The van der Waals surface area contributed by atoms with Crippen LogP contribution in [0.4, 0.5) is 4.39 Å². The zero-order valence-corrected chi connectivity index (χ0v) is 10.5. The number of rotatable bonds is 2. The molecule has 1 fully saturated rings. The molecule has 2 unspecified atom stereocenters. The molecular weight excluding hydrogens is 259 g/mol. The van der Waals surface area contributed by atoms with E-state index in [1.807, 2.05) is 0 Å². The van der Waals surface area contributed by atoms with Crippen molar-refractivity contribution < 1.29 is 14.3 Å². The van der Waals surface area contributed by atoms with Gasteiger partial charge in [0.1, 0.15) is 11.0 Å². The number of nitrogens with one attached hydrogen (secondary N) is 1. The zero-order chi connectivity index (χ0) is 13.1. The number of hydrogen-bond donors (Lipinski definition) is 2. The van der Waals surface area contributed by atoms with Crippen LogP contribution < -0.4 is 5.32 Å². The Kier molecular flexibility index (Phi) is 4.14. The van der Waals surface area contributed by atoms with Crippen LogP contribution in [0.1, 0.15) is 36.0 Å². The number of carbonyl (C=O) groups excluding carboxylic acids is 1. The molecule has 1 aliphatic carbocycles. The number of pyridine rings is 1. The van der Waals surface area contributed by atoms with Gasteiger partial charge in [-0.1, -0.05) is 24.4 Å². The van der Waals surface area contributed by atoms with Gasteiger partial charge in [0, 0.05) is 0 Å². The predicted molar refractivity (Wildman–Crippen MR) is 64.9 cm³/mol. The Morgan fingerprint density at radius 1 is 1.50 bits per heavy atom. The number of aliphatic hydroxyl groups excluding tert-OH is 1. The van der Waals surface area contributed by atoms with Crippen LogP contribution in [0.15, 0.2) is 12.3 Å². The molecule has 1 amide bonds. The fourth-order valence-electron chi connectivity index (χ4n) is 2.11. The minimum Gasteiger partial charge on any atom is -0.391 e. The van der Waals surface area contributed by atoms with Crippen molar-refractivity contribution in [1.82, 2.24) is 10.3 Å². The highest BCUT2D eigenvalue weighted by atomic mass is 35.5. The lowest BCUT2D eigenvalue weighted by molar-refractivity contribution is 0.0717. The third kappa shape index (κ3) is 2.97. The van der Waals surface area contributed by atoms with E-state index in [-0.39, 0.29) is 16.8 Å². The van der Waals surface area contributed by atoms with Gasteiger partial charge in [0.25, 0.3) is 5.91 Å². The topological polar surface area (TPSA) is 62.2 Å². The summed E-state index contributed by atoms with van der Waals surface area (Å²) in [6, 6.07) is 0.741. The van der Waals surface area contributed by atoms with Gasteiger partial charge in [0.05, 0.1) is 23.9 Å². The van der Waals surface area contributed by atoms with Crippen LogP contribution >= 0.6 is 11.6 Å². The third-order valence-electron chi connectivity index (χ3n) is 3.10. The average Bonchev–Trinajstić information content (AvgIpc) is 2.35. The number of aromatic nitrogens is 1. The minimum absolute atomic E-state index is 0.00515. The van der Waals surface area contributed by atoms with Crippen LogP contribution in [0.3, 0.4) is 0 Å². The van der Waals surface area contributed by atoms with Crippen molar-refractivity contribution in [2.75, 3.05) is 0 Å². The second-order valence-electron chi connectivity index (χ2n) is 4.42. The summed E-state index contributed by atoms with van der Waals surface area (Å²) in [6.45, 7) is 0. The molecule has 0 spiro atoms. The molecule has 2 atom stereocenters. The molecule has 1 saturated carbocycles. The van der Waals surface area contributed by atoms with E-state index < -0.39 is 17.8 Å². The van der Waals surface area contributed by atoms with E-state index in [1.54, 1.807) is 0 Å². The van der Waals surface area contributed by atoms with Crippen molar-refractivity contribution in [3.63, 3.8) is 0 Å². The Hall–Kier alpha value is -1.20. The summed E-state index contributed by atoms with van der Waals surface area (Å²) in [5.41, 5.74) is -0.00515. The van der Waals surface area contributed by atoms with Gasteiger partial charge in [-0.15, -0.1) is 0 Å². The second kappa shape index (κ2) is 5.63. The number of amides is 1. The van der Waals surface area contributed by atoms with Gasteiger partial charge < -0.3 is 10.4 Å². The molecule has 1 aliphatic rings. The molecule has 2 N–H and O–H groups in total. The van der Waals surface area contributed by atoms with Crippen molar-refractivity contribution in [3.8, 4) is 0 Å². The summed E-state index contributed by atoms with van der Waals surface area (Å²) in [7, 11) is 0. The Morgan fingerprint density at radius 3 is 2.94 bits per heavy atom. The van der Waals surface area contributed by atoms with Gasteiger partial charge in [-0.25, -0.2) is 9.37 Å². The van der Waals surface area contributed by atoms with Crippen LogP contribution in [-0.2, 0) is 0 Å². The Bertz CT molecular complexity index is 456. The summed E-state index contributed by atoms with van der Waals surface area (Å²) in [6.07, 6.45) is 3.69. The minimum atomic E-state index is -0.617. The lowest BCUT2D eigenvalue weighted by Crippen LogP contribution is -2.45. The van der Waals surface area contributed by atoms with E-state index in [2.05, 4.69) is 10.3 Å². The van der Waals surface area contributed by atoms with Crippen LogP contribution in [0, 0.1) is 5.82 Å². The summed E-state index contributed by atoms with van der Waals surface area (Å²) >= 11 is 5.74. The molecule has 6 heteroatoms. The maximum Gasteiger partial charge on any atom is 0.254 e. The lowest BCUT2D eigenvalue weighted by Gasteiger charge is -2.28. The summed E-state index contributed by atoms with van der Waals surface area (Å²) < 4.78 is 13.0. The molecule has 0 aromatic carbocycles. The monoisotopic (exact) mass is 272 g/mol. The highest BCUT2D eigenvalue weighted by Crippen LogP contribution is 2.20. The van der Waals surface area contributed by atoms with Crippen molar-refractivity contribution in [2.45, 2.75) is 37.8 Å². The Balaban J connectivity index is 2.09. The van der Waals surface area contributed by atoms with E-state index in [0.29, 0.717) is 12.8 Å². The van der Waals surface area contributed by atoms with Gasteiger partial charge in [-0.05, 0) is 18.9 Å².